The summed E-state index contributed by atoms with van der Waals surface area (Å²) in [6, 6.07) is 5.30. The molecule has 0 amide bonds. The first-order chi connectivity index (χ1) is 28.2. The molecule has 17 nitrogen and oxygen atoms in total. The molecule has 332 valence electrons. The number of cyclic esters (lactones) is 1. The smallest absolute Gasteiger partial charge is 0.317 e. The number of aliphatic hydroxyl groups is 1. The van der Waals surface area contributed by atoms with Crippen molar-refractivity contribution in [1.82, 2.24) is 15.0 Å². The van der Waals surface area contributed by atoms with Gasteiger partial charge in [0.1, 0.15) is 35.6 Å². The number of ketones is 2. The van der Waals surface area contributed by atoms with Crippen LogP contribution in [0.5, 0.6) is 0 Å². The summed E-state index contributed by atoms with van der Waals surface area (Å²) >= 11 is 0. The lowest BCUT2D eigenvalue weighted by atomic mass is 9.67. The van der Waals surface area contributed by atoms with Crippen LogP contribution in [0.3, 0.4) is 0 Å². The predicted molar refractivity (Wildman–Crippen MR) is 212 cm³/mol. The van der Waals surface area contributed by atoms with Gasteiger partial charge in [-0.1, -0.05) is 50.1 Å². The fourth-order valence-corrected chi connectivity index (χ4v) is 9.22. The van der Waals surface area contributed by atoms with Gasteiger partial charge >= 0.3 is 11.9 Å². The topological polar surface area (TPSA) is 224 Å². The Hall–Kier alpha value is -4.36. The summed E-state index contributed by atoms with van der Waals surface area (Å²) in [7, 11) is 5.12. The molecule has 60 heavy (non-hydrogen) atoms. The number of fused-ring (bicyclic) bond motifs is 1. The standard InChI is InChI=1S/C42H60FN5O12/c1-12-28-42(8)31(30(39(53)59-42)36(44)46-55-19-29-45-37(47-60-29)25-14-13-15-26(43)17-25)22(4)32(49)20(2)18-41(7,54-11)35(23(5)33(50)24(6)38(52)57-28)58-40-34(51)27(48(9)10)16-21(3)56-40/h13-15,17,20-24,27-28,30-31,34-35,40,51H,12,16,18-19H2,1-11H3,(H2,44,46)/t20-,21?,22-,23+,24-,27?,28-,30?,31?,34?,35-,40?,41+,42-/m1/s1. The number of aliphatic hydroxyl groups excluding tert-OH is 1. The van der Waals surface area contributed by atoms with Gasteiger partial charge < -0.3 is 48.8 Å². The predicted octanol–water partition coefficient (Wildman–Crippen LogP) is 3.84. The summed E-state index contributed by atoms with van der Waals surface area (Å²) < 4.78 is 49.9. The van der Waals surface area contributed by atoms with E-state index in [1.54, 1.807) is 47.6 Å². The average Bonchev–Trinajstić information content (AvgIpc) is 3.79. The van der Waals surface area contributed by atoms with Gasteiger partial charge in [0.05, 0.1) is 17.8 Å². The number of esters is 2. The van der Waals surface area contributed by atoms with Crippen molar-refractivity contribution in [2.45, 2.75) is 129 Å². The van der Waals surface area contributed by atoms with E-state index in [0.29, 0.717) is 12.0 Å². The highest BCUT2D eigenvalue weighted by Gasteiger charge is 2.62. The second-order valence-electron chi connectivity index (χ2n) is 17.1. The highest BCUT2D eigenvalue weighted by Crippen LogP contribution is 2.48. The molecule has 2 aromatic rings. The molecule has 0 saturated carbocycles. The lowest BCUT2D eigenvalue weighted by molar-refractivity contribution is -0.295. The summed E-state index contributed by atoms with van der Waals surface area (Å²) in [6.45, 7) is 12.9. The van der Waals surface area contributed by atoms with Crippen LogP contribution in [0.15, 0.2) is 33.9 Å². The highest BCUT2D eigenvalue weighted by atomic mass is 19.1. The number of oxime groups is 1. The number of ether oxygens (including phenoxy) is 5. The van der Waals surface area contributed by atoms with E-state index in [-0.39, 0.29) is 54.9 Å². The number of hydrogen-bond acceptors (Lipinski definition) is 16. The number of likely N-dealkylation sites (N-methyl/N-ethyl adjacent to an activating group) is 1. The Morgan fingerprint density at radius 2 is 1.77 bits per heavy atom. The van der Waals surface area contributed by atoms with Crippen LogP contribution < -0.4 is 5.73 Å². The van der Waals surface area contributed by atoms with E-state index in [9.17, 15) is 28.7 Å². The van der Waals surface area contributed by atoms with Crippen molar-refractivity contribution in [3.8, 4) is 11.4 Å². The van der Waals surface area contributed by atoms with Crippen molar-refractivity contribution in [2.75, 3.05) is 21.2 Å². The van der Waals surface area contributed by atoms with Gasteiger partial charge in [-0.05, 0) is 73.2 Å². The number of halogens is 1. The van der Waals surface area contributed by atoms with E-state index in [1.807, 2.05) is 25.9 Å². The lowest BCUT2D eigenvalue weighted by Gasteiger charge is -2.47. The van der Waals surface area contributed by atoms with Crippen LogP contribution in [0.4, 0.5) is 4.39 Å². The van der Waals surface area contributed by atoms with Gasteiger partial charge in [-0.3, -0.25) is 19.2 Å². The molecule has 18 heteroatoms. The van der Waals surface area contributed by atoms with Crippen LogP contribution in [0.1, 0.15) is 80.5 Å². The maximum atomic E-state index is 14.7. The number of aromatic nitrogens is 2. The fourth-order valence-electron chi connectivity index (χ4n) is 9.22. The molecule has 3 fully saturated rings. The van der Waals surface area contributed by atoms with Gasteiger partial charge in [-0.15, -0.1) is 0 Å². The molecule has 3 aliphatic rings. The van der Waals surface area contributed by atoms with Crippen molar-refractivity contribution in [3.05, 3.63) is 36.0 Å². The normalized spacial score (nSPS) is 37.3. The largest absolute Gasteiger partial charge is 0.458 e. The summed E-state index contributed by atoms with van der Waals surface area (Å²) in [5.74, 6) is -9.69. The SMILES string of the molecule is CC[C@H]1OC(=O)[C@H](C)C(=O)[C@H](C)[C@@H](OC2OC(C)CC(N(C)C)C2O)[C@@](C)(OC)C[C@@H](C)C(=O)[C@H](C)C2C(/C(N)=N\OCc3nc(-c4cccc(F)c4)no3)C(=O)O[C@@]21C. The monoisotopic (exact) mass is 845 g/mol. The van der Waals surface area contributed by atoms with E-state index in [2.05, 4.69) is 15.3 Å². The summed E-state index contributed by atoms with van der Waals surface area (Å²) in [5.41, 5.74) is 3.89. The molecule has 5 rings (SSSR count). The van der Waals surface area contributed by atoms with Crippen LogP contribution in [0.25, 0.3) is 11.4 Å². The average molecular weight is 846 g/mol. The van der Waals surface area contributed by atoms with Crippen molar-refractivity contribution < 1.29 is 61.7 Å². The fraction of sp³-hybridized carbons (Fsp3) is 0.690. The number of nitrogens with zero attached hydrogens (tertiary/aromatic N) is 4. The Morgan fingerprint density at radius 1 is 1.07 bits per heavy atom. The minimum Gasteiger partial charge on any atom is -0.458 e. The van der Waals surface area contributed by atoms with E-state index >= 15 is 0 Å². The molecule has 3 aliphatic heterocycles. The first-order valence-corrected chi connectivity index (χ1v) is 20.4. The van der Waals surface area contributed by atoms with Gasteiger partial charge in [0.15, 0.2) is 30.1 Å². The zero-order valence-electron chi connectivity index (χ0n) is 36.2. The van der Waals surface area contributed by atoms with Crippen LogP contribution in [-0.2, 0) is 54.3 Å². The number of carbonyl (C=O) groups excluding carboxylic acids is 4. The molecule has 14 atom stereocenters. The molecular weight excluding hydrogens is 785 g/mol. The number of hydrogen-bond donors (Lipinski definition) is 2. The highest BCUT2D eigenvalue weighted by molar-refractivity contribution is 6.03. The molecule has 3 N–H and O–H groups in total. The van der Waals surface area contributed by atoms with Crippen molar-refractivity contribution in [2.24, 2.45) is 46.4 Å². The Kier molecular flexibility index (Phi) is 14.6. The van der Waals surface area contributed by atoms with E-state index in [0.717, 1.165) is 0 Å². The molecule has 0 bridgehead atoms. The van der Waals surface area contributed by atoms with E-state index in [4.69, 9.17) is 38.8 Å². The zero-order chi connectivity index (χ0) is 44.4. The second kappa shape index (κ2) is 18.7. The maximum Gasteiger partial charge on any atom is 0.317 e. The Morgan fingerprint density at radius 3 is 2.40 bits per heavy atom. The molecule has 3 saturated heterocycles. The minimum absolute atomic E-state index is 0.0176. The Bertz CT molecular complexity index is 1910. The number of carbonyl (C=O) groups is 4. The third kappa shape index (κ3) is 9.42. The quantitative estimate of drug-likeness (QED) is 0.114. The van der Waals surface area contributed by atoms with Gasteiger partial charge in [0.2, 0.25) is 5.82 Å². The van der Waals surface area contributed by atoms with Crippen molar-refractivity contribution in [3.63, 3.8) is 0 Å². The molecule has 0 radical (unpaired) electrons. The number of benzene rings is 1. The van der Waals surface area contributed by atoms with Gasteiger partial charge in [0.25, 0.3) is 5.89 Å². The van der Waals surface area contributed by atoms with Gasteiger partial charge in [-0.25, -0.2) is 4.39 Å². The summed E-state index contributed by atoms with van der Waals surface area (Å²) in [6.07, 6.45) is -4.12. The second-order valence-corrected chi connectivity index (χ2v) is 17.1. The van der Waals surface area contributed by atoms with Crippen molar-refractivity contribution >= 4 is 29.3 Å². The number of Topliss-reactive ketones (excluding diaryl/α,β-unsaturated/α-hetero) is 2. The molecule has 0 aliphatic carbocycles. The maximum absolute atomic E-state index is 14.7. The number of amidine groups is 1. The van der Waals surface area contributed by atoms with Crippen LogP contribution in [-0.4, -0.2) is 119 Å². The number of nitrogens with two attached hydrogens (primary N) is 1. The number of rotatable bonds is 10. The van der Waals surface area contributed by atoms with Crippen LogP contribution >= 0.6 is 0 Å². The van der Waals surface area contributed by atoms with Gasteiger partial charge in [-0.2, -0.15) is 4.98 Å². The van der Waals surface area contributed by atoms with Crippen LogP contribution in [0.2, 0.25) is 0 Å². The van der Waals surface area contributed by atoms with E-state index in [1.165, 1.54) is 32.2 Å². The Balaban J connectivity index is 1.49. The summed E-state index contributed by atoms with van der Waals surface area (Å²) in [4.78, 5) is 68.4. The first kappa shape index (κ1) is 46.7. The van der Waals surface area contributed by atoms with E-state index < -0.39 is 94.9 Å². The third-order valence-electron chi connectivity index (χ3n) is 12.6. The molecular formula is C42H60FN5O12. The zero-order valence-corrected chi connectivity index (χ0v) is 36.2. The first-order valence-electron chi connectivity index (χ1n) is 20.4. The molecule has 1 aromatic carbocycles. The number of methoxy groups -OCH3 is 1. The molecule has 0 spiro atoms. The molecule has 1 aromatic heterocycles. The van der Waals surface area contributed by atoms with Gasteiger partial charge in [0, 0.05) is 42.4 Å². The molecule has 4 heterocycles. The molecule has 6 unspecified atom stereocenters. The third-order valence-corrected chi connectivity index (χ3v) is 12.6. The van der Waals surface area contributed by atoms with Crippen molar-refractivity contribution in [1.29, 1.82) is 0 Å². The van der Waals surface area contributed by atoms with Crippen LogP contribution in [0, 0.1) is 41.3 Å². The minimum atomic E-state index is -1.61. The summed E-state index contributed by atoms with van der Waals surface area (Å²) in [5, 5.41) is 19.3. The Labute approximate surface area is 349 Å². The lowest BCUT2D eigenvalue weighted by Crippen LogP contribution is -2.59.